The predicted octanol–water partition coefficient (Wildman–Crippen LogP) is 4.47. The Labute approximate surface area is 142 Å². The third-order valence-corrected chi connectivity index (χ3v) is 7.10. The molecule has 24 heavy (non-hydrogen) atoms. The number of hydrogen-bond acceptors (Lipinski definition) is 3. The SMILES string of the molecule is CCC1c2ccsc2CCN1S(=O)(=O)c1cccc(C(F)(F)F)c1. The molecule has 0 saturated carbocycles. The maximum absolute atomic E-state index is 12.9. The first-order valence-corrected chi connectivity index (χ1v) is 9.82. The van der Waals surface area contributed by atoms with Gasteiger partial charge in [-0.25, -0.2) is 8.42 Å². The molecular weight excluding hydrogens is 359 g/mol. The van der Waals surface area contributed by atoms with Gasteiger partial charge in [-0.15, -0.1) is 11.3 Å². The van der Waals surface area contributed by atoms with Crippen molar-refractivity contribution < 1.29 is 21.6 Å². The van der Waals surface area contributed by atoms with Crippen LogP contribution in [0.4, 0.5) is 13.2 Å². The molecule has 8 heteroatoms. The van der Waals surface area contributed by atoms with E-state index in [0.29, 0.717) is 18.9 Å². The average Bonchev–Trinajstić information content (AvgIpc) is 3.01. The lowest BCUT2D eigenvalue weighted by molar-refractivity contribution is -0.137. The summed E-state index contributed by atoms with van der Waals surface area (Å²) in [5, 5.41) is 1.92. The van der Waals surface area contributed by atoms with Crippen LogP contribution in [0.5, 0.6) is 0 Å². The van der Waals surface area contributed by atoms with Crippen molar-refractivity contribution in [2.24, 2.45) is 0 Å². The molecule has 2 aromatic rings. The number of thiophene rings is 1. The quantitative estimate of drug-likeness (QED) is 0.794. The van der Waals surface area contributed by atoms with Crippen LogP contribution in [0.2, 0.25) is 0 Å². The lowest BCUT2D eigenvalue weighted by Gasteiger charge is -2.34. The van der Waals surface area contributed by atoms with Crippen LogP contribution in [-0.2, 0) is 22.6 Å². The molecule has 3 rings (SSSR count). The maximum Gasteiger partial charge on any atom is 0.416 e. The Kier molecular flexibility index (Phi) is 4.48. The second kappa shape index (κ2) is 6.16. The second-order valence-electron chi connectivity index (χ2n) is 5.61. The number of rotatable bonds is 3. The van der Waals surface area contributed by atoms with E-state index in [4.69, 9.17) is 0 Å². The summed E-state index contributed by atoms with van der Waals surface area (Å²) in [4.78, 5) is 0.840. The third-order valence-electron chi connectivity index (χ3n) is 4.20. The molecule has 0 amide bonds. The summed E-state index contributed by atoms with van der Waals surface area (Å²) in [6, 6.07) is 5.52. The van der Waals surface area contributed by atoms with Crippen molar-refractivity contribution in [2.75, 3.05) is 6.54 Å². The zero-order chi connectivity index (χ0) is 17.5. The summed E-state index contributed by atoms with van der Waals surface area (Å²) in [6.07, 6.45) is -3.41. The van der Waals surface area contributed by atoms with E-state index in [-0.39, 0.29) is 17.5 Å². The summed E-state index contributed by atoms with van der Waals surface area (Å²) in [5.74, 6) is 0. The highest BCUT2D eigenvalue weighted by molar-refractivity contribution is 7.89. The Morgan fingerprint density at radius 2 is 2.04 bits per heavy atom. The number of hydrogen-bond donors (Lipinski definition) is 0. The van der Waals surface area contributed by atoms with E-state index >= 15 is 0 Å². The van der Waals surface area contributed by atoms with Crippen LogP contribution in [0.1, 0.15) is 35.4 Å². The topological polar surface area (TPSA) is 37.4 Å². The third kappa shape index (κ3) is 2.98. The molecule has 2 heterocycles. The van der Waals surface area contributed by atoms with Gasteiger partial charge in [0.1, 0.15) is 0 Å². The van der Waals surface area contributed by atoms with Crippen molar-refractivity contribution in [3.05, 3.63) is 51.7 Å². The van der Waals surface area contributed by atoms with Crippen molar-refractivity contribution in [2.45, 2.75) is 36.9 Å². The van der Waals surface area contributed by atoms with Gasteiger partial charge >= 0.3 is 6.18 Å². The van der Waals surface area contributed by atoms with Gasteiger partial charge in [-0.3, -0.25) is 0 Å². The number of nitrogens with zero attached hydrogens (tertiary/aromatic N) is 1. The smallest absolute Gasteiger partial charge is 0.207 e. The van der Waals surface area contributed by atoms with Crippen LogP contribution in [0, 0.1) is 0 Å². The lowest BCUT2D eigenvalue weighted by Crippen LogP contribution is -2.39. The zero-order valence-electron chi connectivity index (χ0n) is 12.9. The Bertz CT molecular complexity index is 843. The van der Waals surface area contributed by atoms with E-state index in [1.807, 2.05) is 18.4 Å². The first-order chi connectivity index (χ1) is 11.2. The molecule has 0 fully saturated rings. The normalized spacial score (nSPS) is 19.2. The summed E-state index contributed by atoms with van der Waals surface area (Å²) < 4.78 is 65.9. The van der Waals surface area contributed by atoms with Crippen molar-refractivity contribution in [1.29, 1.82) is 0 Å². The Morgan fingerprint density at radius 3 is 2.71 bits per heavy atom. The van der Waals surface area contributed by atoms with E-state index in [2.05, 4.69) is 0 Å². The summed E-state index contributed by atoms with van der Waals surface area (Å²) in [7, 11) is -3.99. The van der Waals surface area contributed by atoms with Crippen molar-refractivity contribution in [1.82, 2.24) is 4.31 Å². The molecule has 1 atom stereocenters. The molecule has 0 bridgehead atoms. The zero-order valence-corrected chi connectivity index (χ0v) is 14.5. The molecule has 1 aliphatic rings. The molecule has 1 aromatic heterocycles. The van der Waals surface area contributed by atoms with Crippen molar-refractivity contribution >= 4 is 21.4 Å². The van der Waals surface area contributed by atoms with E-state index < -0.39 is 21.8 Å². The highest BCUT2D eigenvalue weighted by atomic mass is 32.2. The fraction of sp³-hybridized carbons (Fsp3) is 0.375. The fourth-order valence-electron chi connectivity index (χ4n) is 3.05. The van der Waals surface area contributed by atoms with Gasteiger partial charge in [0.15, 0.2) is 0 Å². The van der Waals surface area contributed by atoms with Gasteiger partial charge < -0.3 is 0 Å². The molecular formula is C16H16F3NO2S2. The Morgan fingerprint density at radius 1 is 1.29 bits per heavy atom. The molecule has 1 aromatic carbocycles. The molecule has 3 nitrogen and oxygen atoms in total. The first kappa shape index (κ1) is 17.4. The second-order valence-corrected chi connectivity index (χ2v) is 8.51. The minimum Gasteiger partial charge on any atom is -0.207 e. The maximum atomic E-state index is 12.9. The number of sulfonamides is 1. The van der Waals surface area contributed by atoms with Crippen molar-refractivity contribution in [3.8, 4) is 0 Å². The minimum atomic E-state index is -4.57. The first-order valence-electron chi connectivity index (χ1n) is 7.50. The van der Waals surface area contributed by atoms with Crippen LogP contribution in [0.25, 0.3) is 0 Å². The molecule has 0 N–H and O–H groups in total. The van der Waals surface area contributed by atoms with Gasteiger partial charge in [-0.1, -0.05) is 13.0 Å². The summed E-state index contributed by atoms with van der Waals surface area (Å²) >= 11 is 1.59. The largest absolute Gasteiger partial charge is 0.416 e. The number of benzene rings is 1. The van der Waals surface area contributed by atoms with Gasteiger partial charge in [0.2, 0.25) is 10.0 Å². The molecule has 0 aliphatic carbocycles. The lowest BCUT2D eigenvalue weighted by atomic mass is 10.0. The van der Waals surface area contributed by atoms with Crippen LogP contribution < -0.4 is 0 Å². The molecule has 0 spiro atoms. The van der Waals surface area contributed by atoms with Gasteiger partial charge in [0, 0.05) is 11.4 Å². The summed E-state index contributed by atoms with van der Waals surface area (Å²) in [6.45, 7) is 2.16. The molecule has 1 unspecified atom stereocenters. The molecule has 0 radical (unpaired) electrons. The van der Waals surface area contributed by atoms with Crippen LogP contribution in [-0.4, -0.2) is 19.3 Å². The Hall–Kier alpha value is -1.38. The summed E-state index contributed by atoms with van der Waals surface area (Å²) in [5.41, 5.74) is 0.00848. The monoisotopic (exact) mass is 375 g/mol. The minimum absolute atomic E-state index is 0.282. The number of halogens is 3. The number of fused-ring (bicyclic) bond motifs is 1. The van der Waals surface area contributed by atoms with Gasteiger partial charge in [0.25, 0.3) is 0 Å². The van der Waals surface area contributed by atoms with Crippen LogP contribution >= 0.6 is 11.3 Å². The standard InChI is InChI=1S/C16H16F3NO2S2/c1-2-14-13-7-9-23-15(13)6-8-20(14)24(21,22)12-5-3-4-11(10-12)16(17,18)19/h3-5,7,9-10,14H,2,6,8H2,1H3. The van der Waals surface area contributed by atoms with Crippen LogP contribution in [0.15, 0.2) is 40.6 Å². The van der Waals surface area contributed by atoms with Gasteiger partial charge in [-0.2, -0.15) is 17.5 Å². The highest BCUT2D eigenvalue weighted by Crippen LogP contribution is 2.39. The van der Waals surface area contributed by atoms with E-state index in [9.17, 15) is 21.6 Å². The Balaban J connectivity index is 2.02. The number of alkyl halides is 3. The average molecular weight is 375 g/mol. The van der Waals surface area contributed by atoms with E-state index in [0.717, 1.165) is 22.6 Å². The highest BCUT2D eigenvalue weighted by Gasteiger charge is 2.37. The van der Waals surface area contributed by atoms with Gasteiger partial charge in [0.05, 0.1) is 16.5 Å². The van der Waals surface area contributed by atoms with Gasteiger partial charge in [-0.05, 0) is 48.1 Å². The van der Waals surface area contributed by atoms with Crippen molar-refractivity contribution in [3.63, 3.8) is 0 Å². The fourth-order valence-corrected chi connectivity index (χ4v) is 5.71. The predicted molar refractivity (Wildman–Crippen MR) is 86.4 cm³/mol. The van der Waals surface area contributed by atoms with E-state index in [1.165, 1.54) is 10.4 Å². The van der Waals surface area contributed by atoms with Crippen LogP contribution in [0.3, 0.4) is 0 Å². The van der Waals surface area contributed by atoms with E-state index in [1.54, 1.807) is 11.3 Å². The molecule has 0 saturated heterocycles. The molecule has 1 aliphatic heterocycles. The molecule has 130 valence electrons.